The van der Waals surface area contributed by atoms with Gasteiger partial charge in [0.25, 0.3) is 0 Å². The van der Waals surface area contributed by atoms with E-state index in [2.05, 4.69) is 40.2 Å². The Morgan fingerprint density at radius 1 is 0.952 bits per heavy atom. The van der Waals surface area contributed by atoms with Crippen LogP contribution >= 0.6 is 15.9 Å². The van der Waals surface area contributed by atoms with Gasteiger partial charge in [-0.25, -0.2) is 4.39 Å². The molecule has 0 fully saturated rings. The molecule has 3 aromatic rings. The average molecular weight is 345 g/mol. The van der Waals surface area contributed by atoms with Crippen LogP contribution in [0.3, 0.4) is 0 Å². The van der Waals surface area contributed by atoms with Crippen LogP contribution in [0.4, 0.5) is 4.39 Å². The molecule has 106 valence electrons. The number of fused-ring (bicyclic) bond motifs is 1. The first kappa shape index (κ1) is 14.1. The Labute approximate surface area is 131 Å². The van der Waals surface area contributed by atoms with Crippen LogP contribution < -0.4 is 4.74 Å². The van der Waals surface area contributed by atoms with Crippen molar-refractivity contribution in [1.82, 2.24) is 0 Å². The lowest BCUT2D eigenvalue weighted by molar-refractivity contribution is 0.409. The van der Waals surface area contributed by atoms with Gasteiger partial charge in [0.15, 0.2) is 0 Å². The van der Waals surface area contributed by atoms with E-state index in [4.69, 9.17) is 4.74 Å². The summed E-state index contributed by atoms with van der Waals surface area (Å²) in [4.78, 5) is -0.118. The van der Waals surface area contributed by atoms with Crippen LogP contribution in [-0.4, -0.2) is 7.11 Å². The van der Waals surface area contributed by atoms with Crippen LogP contribution in [0.1, 0.15) is 16.0 Å². The molecule has 0 aliphatic carbocycles. The molecule has 0 aliphatic heterocycles. The van der Waals surface area contributed by atoms with Crippen LogP contribution in [0, 0.1) is 5.82 Å². The molecule has 3 aromatic carbocycles. The number of rotatable bonds is 3. The summed E-state index contributed by atoms with van der Waals surface area (Å²) in [7, 11) is 1.59. The maximum atomic E-state index is 13.5. The molecular formula is C18H14BrFO. The van der Waals surface area contributed by atoms with Gasteiger partial charge in [0.1, 0.15) is 11.6 Å². The summed E-state index contributed by atoms with van der Waals surface area (Å²) in [5, 5.41) is 2.35. The minimum Gasteiger partial charge on any atom is -0.496 e. The molecule has 0 N–H and O–H groups in total. The number of alkyl halides is 1. The molecule has 0 aromatic heterocycles. The second kappa shape index (κ2) is 5.86. The molecule has 21 heavy (non-hydrogen) atoms. The second-order valence-corrected chi connectivity index (χ2v) is 5.77. The lowest BCUT2D eigenvalue weighted by Crippen LogP contribution is -1.98. The predicted octanol–water partition coefficient (Wildman–Crippen LogP) is 5.47. The number of hydrogen-bond donors (Lipinski definition) is 0. The van der Waals surface area contributed by atoms with Crippen molar-refractivity contribution < 1.29 is 9.13 Å². The first-order valence-corrected chi connectivity index (χ1v) is 7.57. The highest BCUT2D eigenvalue weighted by Crippen LogP contribution is 2.37. The number of ether oxygens (including phenoxy) is 1. The molecular weight excluding hydrogens is 331 g/mol. The third kappa shape index (κ3) is 2.79. The van der Waals surface area contributed by atoms with E-state index in [-0.39, 0.29) is 10.6 Å². The van der Waals surface area contributed by atoms with Crippen LogP contribution in [-0.2, 0) is 0 Å². The van der Waals surface area contributed by atoms with Crippen LogP contribution in [0.15, 0.2) is 60.7 Å². The first-order valence-electron chi connectivity index (χ1n) is 6.65. The Bertz CT molecular complexity index is 785. The summed E-state index contributed by atoms with van der Waals surface area (Å²) in [5.41, 5.74) is 1.85. The fourth-order valence-electron chi connectivity index (χ4n) is 2.45. The maximum absolute atomic E-state index is 13.5. The van der Waals surface area contributed by atoms with Gasteiger partial charge in [-0.3, -0.25) is 0 Å². The zero-order valence-electron chi connectivity index (χ0n) is 11.5. The molecule has 3 heteroatoms. The van der Waals surface area contributed by atoms with Crippen molar-refractivity contribution in [1.29, 1.82) is 0 Å². The number of methoxy groups -OCH3 is 1. The molecule has 3 rings (SSSR count). The van der Waals surface area contributed by atoms with E-state index in [1.54, 1.807) is 13.2 Å². The number of halogens is 2. The molecule has 0 radical (unpaired) electrons. The minimum absolute atomic E-state index is 0.118. The van der Waals surface area contributed by atoms with Crippen molar-refractivity contribution in [2.75, 3.05) is 7.11 Å². The van der Waals surface area contributed by atoms with Gasteiger partial charge in [-0.1, -0.05) is 52.3 Å². The van der Waals surface area contributed by atoms with E-state index in [0.29, 0.717) is 5.75 Å². The summed E-state index contributed by atoms with van der Waals surface area (Å²) >= 11 is 3.66. The van der Waals surface area contributed by atoms with Gasteiger partial charge in [0, 0.05) is 5.56 Å². The average Bonchev–Trinajstić information content (AvgIpc) is 2.53. The molecule has 0 spiro atoms. The Morgan fingerprint density at radius 2 is 1.71 bits per heavy atom. The molecule has 0 saturated carbocycles. The highest BCUT2D eigenvalue weighted by Gasteiger charge is 2.16. The van der Waals surface area contributed by atoms with Gasteiger partial charge in [-0.05, 0) is 40.6 Å². The molecule has 0 aliphatic rings. The fourth-order valence-corrected chi connectivity index (χ4v) is 3.09. The Kier molecular flexibility index (Phi) is 3.93. The highest BCUT2D eigenvalue weighted by molar-refractivity contribution is 9.09. The standard InChI is InChI=1S/C18H14BrFO/c1-21-17-9-8-15(20)11-16(17)18(19)14-7-6-12-4-2-3-5-13(12)10-14/h2-11,18H,1H3. The van der Waals surface area contributed by atoms with Crippen molar-refractivity contribution in [3.63, 3.8) is 0 Å². The van der Waals surface area contributed by atoms with Crippen LogP contribution in [0.5, 0.6) is 5.75 Å². The SMILES string of the molecule is COc1ccc(F)cc1C(Br)c1ccc2ccccc2c1. The van der Waals surface area contributed by atoms with Crippen LogP contribution in [0.2, 0.25) is 0 Å². The number of hydrogen-bond acceptors (Lipinski definition) is 1. The molecule has 0 saturated heterocycles. The monoisotopic (exact) mass is 344 g/mol. The van der Waals surface area contributed by atoms with Crippen molar-refractivity contribution >= 4 is 26.7 Å². The zero-order valence-corrected chi connectivity index (χ0v) is 13.1. The van der Waals surface area contributed by atoms with Gasteiger partial charge in [-0.15, -0.1) is 0 Å². The summed E-state index contributed by atoms with van der Waals surface area (Å²) in [6.45, 7) is 0. The minimum atomic E-state index is -0.268. The molecule has 0 amide bonds. The highest BCUT2D eigenvalue weighted by atomic mass is 79.9. The second-order valence-electron chi connectivity index (χ2n) is 4.86. The van der Waals surface area contributed by atoms with Gasteiger partial charge in [-0.2, -0.15) is 0 Å². The lowest BCUT2D eigenvalue weighted by atomic mass is 10.0. The molecule has 0 bridgehead atoms. The molecule has 0 heterocycles. The van der Waals surface area contributed by atoms with E-state index >= 15 is 0 Å². The number of benzene rings is 3. The van der Waals surface area contributed by atoms with Crippen molar-refractivity contribution in [2.45, 2.75) is 4.83 Å². The van der Waals surface area contributed by atoms with Gasteiger partial charge < -0.3 is 4.74 Å². The van der Waals surface area contributed by atoms with Crippen LogP contribution in [0.25, 0.3) is 10.8 Å². The van der Waals surface area contributed by atoms with Gasteiger partial charge in [0.2, 0.25) is 0 Å². The van der Waals surface area contributed by atoms with E-state index < -0.39 is 0 Å². The zero-order chi connectivity index (χ0) is 14.8. The molecule has 1 unspecified atom stereocenters. The van der Waals surface area contributed by atoms with E-state index in [1.165, 1.54) is 17.5 Å². The van der Waals surface area contributed by atoms with E-state index in [9.17, 15) is 4.39 Å². The summed E-state index contributed by atoms with van der Waals surface area (Å²) in [5.74, 6) is 0.405. The third-order valence-electron chi connectivity index (χ3n) is 3.53. The van der Waals surface area contributed by atoms with E-state index in [1.807, 2.05) is 18.2 Å². The molecule has 1 atom stereocenters. The van der Waals surface area contributed by atoms with Crippen molar-refractivity contribution in [3.05, 3.63) is 77.6 Å². The summed E-state index contributed by atoms with van der Waals surface area (Å²) in [6.07, 6.45) is 0. The maximum Gasteiger partial charge on any atom is 0.123 e. The quantitative estimate of drug-likeness (QED) is 0.572. The van der Waals surface area contributed by atoms with Gasteiger partial charge in [0.05, 0.1) is 11.9 Å². The van der Waals surface area contributed by atoms with Crippen molar-refractivity contribution in [3.8, 4) is 5.75 Å². The smallest absolute Gasteiger partial charge is 0.123 e. The summed E-state index contributed by atoms with van der Waals surface area (Å²) < 4.78 is 18.9. The van der Waals surface area contributed by atoms with E-state index in [0.717, 1.165) is 16.5 Å². The normalized spacial score (nSPS) is 12.3. The summed E-state index contributed by atoms with van der Waals surface area (Å²) in [6, 6.07) is 19.0. The molecule has 1 nitrogen and oxygen atoms in total. The topological polar surface area (TPSA) is 9.23 Å². The van der Waals surface area contributed by atoms with Gasteiger partial charge >= 0.3 is 0 Å². The third-order valence-corrected chi connectivity index (χ3v) is 4.55. The Hall–Kier alpha value is -1.87. The first-order chi connectivity index (χ1) is 10.2. The Morgan fingerprint density at radius 3 is 2.48 bits per heavy atom. The fraction of sp³-hybridized carbons (Fsp3) is 0.111. The predicted molar refractivity (Wildman–Crippen MR) is 87.7 cm³/mol. The largest absolute Gasteiger partial charge is 0.496 e. The Balaban J connectivity index is 2.07. The lowest BCUT2D eigenvalue weighted by Gasteiger charge is -2.15. The van der Waals surface area contributed by atoms with Crippen molar-refractivity contribution in [2.24, 2.45) is 0 Å².